The van der Waals surface area contributed by atoms with Gasteiger partial charge in [0.15, 0.2) is 0 Å². The molecule has 2 aromatic carbocycles. The fourth-order valence-electron chi connectivity index (χ4n) is 2.00. The van der Waals surface area contributed by atoms with E-state index in [0.717, 1.165) is 16.0 Å². The Kier molecular flexibility index (Phi) is 3.11. The van der Waals surface area contributed by atoms with Crippen LogP contribution in [-0.2, 0) is 0 Å². The lowest BCUT2D eigenvalue weighted by Crippen LogP contribution is -1.95. The number of carbonyl (C=O) groups is 1. The van der Waals surface area contributed by atoms with Gasteiger partial charge in [-0.15, -0.1) is 0 Å². The Morgan fingerprint density at radius 1 is 1.05 bits per heavy atom. The summed E-state index contributed by atoms with van der Waals surface area (Å²) < 4.78 is 0. The molecule has 0 fully saturated rings. The molecule has 1 aliphatic heterocycles. The maximum absolute atomic E-state index is 12.2. The molecule has 0 unspecified atom stereocenters. The Balaban J connectivity index is 2.01. The van der Waals surface area contributed by atoms with Gasteiger partial charge in [0.25, 0.3) is 0 Å². The van der Waals surface area contributed by atoms with Crippen LogP contribution >= 0.6 is 11.8 Å². The number of para-hydroxylation sites is 1. The van der Waals surface area contributed by atoms with Gasteiger partial charge >= 0.3 is 0 Å². The molecule has 0 aromatic heterocycles. The summed E-state index contributed by atoms with van der Waals surface area (Å²) in [5.74, 6) is 0.0355. The molecule has 0 saturated carbocycles. The van der Waals surface area contributed by atoms with Crippen molar-refractivity contribution < 1.29 is 10.0 Å². The highest BCUT2D eigenvalue weighted by Crippen LogP contribution is 2.41. The lowest BCUT2D eigenvalue weighted by atomic mass is 10.1. The van der Waals surface area contributed by atoms with Crippen LogP contribution in [-0.4, -0.2) is 11.0 Å². The second-order valence-electron chi connectivity index (χ2n) is 4.13. The molecule has 0 atom stereocenters. The minimum absolute atomic E-state index is 0.0355. The summed E-state index contributed by atoms with van der Waals surface area (Å²) in [5, 5.41) is 9.06. The van der Waals surface area contributed by atoms with Crippen molar-refractivity contribution in [2.45, 2.75) is 4.90 Å². The molecule has 2 N–H and O–H groups in total. The van der Waals surface area contributed by atoms with Crippen molar-refractivity contribution in [1.82, 2.24) is 0 Å². The van der Waals surface area contributed by atoms with Crippen LogP contribution in [0.2, 0.25) is 0 Å². The highest BCUT2D eigenvalue weighted by atomic mass is 32.2. The van der Waals surface area contributed by atoms with E-state index >= 15 is 0 Å². The van der Waals surface area contributed by atoms with Crippen molar-refractivity contribution >= 4 is 29.3 Å². The van der Waals surface area contributed by atoms with Crippen LogP contribution in [0.15, 0.2) is 58.3 Å². The first-order chi connectivity index (χ1) is 9.29. The average molecular weight is 269 g/mol. The minimum atomic E-state index is 0.0355. The molecule has 94 valence electrons. The summed E-state index contributed by atoms with van der Waals surface area (Å²) in [6.45, 7) is 0. The van der Waals surface area contributed by atoms with Crippen LogP contribution in [0.3, 0.4) is 0 Å². The molecular weight excluding hydrogens is 258 g/mol. The van der Waals surface area contributed by atoms with Gasteiger partial charge in [-0.3, -0.25) is 15.5 Å². The lowest BCUT2D eigenvalue weighted by Gasteiger charge is -2.03. The molecule has 1 heterocycles. The Morgan fingerprint density at radius 2 is 1.79 bits per heavy atom. The number of hydrogen-bond donors (Lipinski definition) is 2. The maximum Gasteiger partial charge on any atom is 0.200 e. The van der Waals surface area contributed by atoms with E-state index in [1.165, 1.54) is 11.8 Å². The van der Waals surface area contributed by atoms with Crippen molar-refractivity contribution in [3.8, 4) is 0 Å². The molecule has 19 heavy (non-hydrogen) atoms. The first-order valence-corrected chi connectivity index (χ1v) is 6.63. The number of hydrogen-bond acceptors (Lipinski definition) is 4. The van der Waals surface area contributed by atoms with E-state index in [1.807, 2.05) is 42.5 Å². The number of thioether (sulfide) groups is 1. The van der Waals surface area contributed by atoms with Crippen molar-refractivity contribution in [2.75, 3.05) is 5.48 Å². The monoisotopic (exact) mass is 269 g/mol. The van der Waals surface area contributed by atoms with Crippen molar-refractivity contribution in [3.63, 3.8) is 0 Å². The van der Waals surface area contributed by atoms with Crippen LogP contribution in [0.5, 0.6) is 0 Å². The summed E-state index contributed by atoms with van der Waals surface area (Å²) in [5.41, 5.74) is 4.25. The zero-order valence-electron chi connectivity index (χ0n) is 9.96. The van der Waals surface area contributed by atoms with Gasteiger partial charge in [-0.2, -0.15) is 0 Å². The van der Waals surface area contributed by atoms with Crippen LogP contribution in [0.1, 0.15) is 15.9 Å². The third-order valence-corrected chi connectivity index (χ3v) is 4.04. The van der Waals surface area contributed by atoms with E-state index in [4.69, 9.17) is 5.21 Å². The number of Topliss-reactive ketones (excluding diaryl/α,β-unsaturated/α-hetero) is 1. The average Bonchev–Trinajstić information content (AvgIpc) is 2.77. The van der Waals surface area contributed by atoms with E-state index in [2.05, 4.69) is 5.48 Å². The molecule has 0 saturated heterocycles. The predicted octanol–water partition coefficient (Wildman–Crippen LogP) is 3.82. The topological polar surface area (TPSA) is 49.3 Å². The van der Waals surface area contributed by atoms with E-state index < -0.39 is 0 Å². The smallest absolute Gasteiger partial charge is 0.200 e. The zero-order valence-corrected chi connectivity index (χ0v) is 10.8. The van der Waals surface area contributed by atoms with E-state index in [1.54, 1.807) is 12.1 Å². The number of ketones is 1. The summed E-state index contributed by atoms with van der Waals surface area (Å²) >= 11 is 1.46. The number of rotatable bonds is 2. The van der Waals surface area contributed by atoms with Gasteiger partial charge in [-0.05, 0) is 24.3 Å². The summed E-state index contributed by atoms with van der Waals surface area (Å²) in [4.78, 5) is 13.9. The van der Waals surface area contributed by atoms with Gasteiger partial charge < -0.3 is 0 Å². The number of allylic oxidation sites excluding steroid dienone is 1. The Labute approximate surface area is 114 Å². The molecule has 0 aliphatic carbocycles. The Morgan fingerprint density at radius 3 is 2.58 bits per heavy atom. The Hall–Kier alpha value is -2.04. The molecule has 2 aromatic rings. The molecule has 0 amide bonds. The fraction of sp³-hybridized carbons (Fsp3) is 0. The molecule has 0 bridgehead atoms. The lowest BCUT2D eigenvalue weighted by molar-refractivity contribution is 0.104. The van der Waals surface area contributed by atoms with Gasteiger partial charge in [-0.1, -0.05) is 42.1 Å². The van der Waals surface area contributed by atoms with Gasteiger partial charge in [0, 0.05) is 16.0 Å². The summed E-state index contributed by atoms with van der Waals surface area (Å²) in [7, 11) is 0. The first kappa shape index (κ1) is 12.0. The van der Waals surface area contributed by atoms with Crippen LogP contribution in [0.25, 0.3) is 6.08 Å². The molecular formula is C15H11NO2S. The second kappa shape index (κ2) is 4.91. The zero-order chi connectivity index (χ0) is 13.2. The van der Waals surface area contributed by atoms with Crippen molar-refractivity contribution in [1.29, 1.82) is 0 Å². The van der Waals surface area contributed by atoms with Gasteiger partial charge in [0.05, 0.1) is 10.6 Å². The van der Waals surface area contributed by atoms with Crippen LogP contribution in [0, 0.1) is 0 Å². The molecule has 4 heteroatoms. The van der Waals surface area contributed by atoms with E-state index in [9.17, 15) is 4.79 Å². The van der Waals surface area contributed by atoms with Crippen LogP contribution < -0.4 is 5.48 Å². The summed E-state index contributed by atoms with van der Waals surface area (Å²) in [6.07, 6.45) is 1.80. The molecule has 3 rings (SSSR count). The third-order valence-electron chi connectivity index (χ3n) is 2.94. The first-order valence-electron chi connectivity index (χ1n) is 5.82. The molecule has 1 aliphatic rings. The molecule has 0 spiro atoms. The number of nitrogens with one attached hydrogen (secondary N) is 1. The van der Waals surface area contributed by atoms with Gasteiger partial charge in [-0.25, -0.2) is 0 Å². The van der Waals surface area contributed by atoms with Crippen molar-refractivity contribution in [3.05, 3.63) is 64.6 Å². The fourth-order valence-corrected chi connectivity index (χ4v) is 3.04. The SMILES string of the molecule is O=C1C(=Cc2ccccc2NO)Sc2ccccc21. The maximum atomic E-state index is 12.2. The normalized spacial score (nSPS) is 15.6. The van der Waals surface area contributed by atoms with Gasteiger partial charge in [0.1, 0.15) is 0 Å². The standard InChI is InChI=1S/C15H11NO2S/c17-15-11-6-2-4-8-13(11)19-14(15)9-10-5-1-3-7-12(10)16-18/h1-9,16,18H. The van der Waals surface area contributed by atoms with E-state index in [-0.39, 0.29) is 5.78 Å². The van der Waals surface area contributed by atoms with E-state index in [0.29, 0.717) is 10.6 Å². The Bertz CT molecular complexity index is 679. The number of anilines is 1. The number of benzene rings is 2. The number of fused-ring (bicyclic) bond motifs is 1. The van der Waals surface area contributed by atoms with Gasteiger partial charge in [0.2, 0.25) is 5.78 Å². The summed E-state index contributed by atoms with van der Waals surface area (Å²) in [6, 6.07) is 14.8. The minimum Gasteiger partial charge on any atom is -0.291 e. The van der Waals surface area contributed by atoms with Crippen LogP contribution in [0.4, 0.5) is 5.69 Å². The third kappa shape index (κ3) is 2.16. The van der Waals surface area contributed by atoms with Crippen molar-refractivity contribution in [2.24, 2.45) is 0 Å². The second-order valence-corrected chi connectivity index (χ2v) is 5.22. The molecule has 0 radical (unpaired) electrons. The predicted molar refractivity (Wildman–Crippen MR) is 76.5 cm³/mol. The largest absolute Gasteiger partial charge is 0.291 e. The molecule has 3 nitrogen and oxygen atoms in total. The highest BCUT2D eigenvalue weighted by Gasteiger charge is 2.25. The quantitative estimate of drug-likeness (QED) is 0.643. The highest BCUT2D eigenvalue weighted by molar-refractivity contribution is 8.04. The number of carbonyl (C=O) groups excluding carboxylic acids is 1.